The molecule has 4 saturated carbocycles. The number of likely N-dealkylation sites (tertiary alicyclic amines) is 1. The summed E-state index contributed by atoms with van der Waals surface area (Å²) >= 11 is 0. The van der Waals surface area contributed by atoms with Gasteiger partial charge in [0.25, 0.3) is 5.91 Å². The van der Waals surface area contributed by atoms with Crippen LogP contribution in [0.1, 0.15) is 58.3 Å². The number of ether oxygens (including phenoxy) is 1. The Balaban J connectivity index is 1.25. The van der Waals surface area contributed by atoms with Crippen molar-refractivity contribution < 1.29 is 19.1 Å². The average Bonchev–Trinajstić information content (AvgIpc) is 3.27. The van der Waals surface area contributed by atoms with E-state index < -0.39 is 18.1 Å². The second kappa shape index (κ2) is 8.20. The molecule has 6 nitrogen and oxygen atoms in total. The number of hydrogen-bond donors (Lipinski definition) is 0. The molecule has 4 bridgehead atoms. The molecule has 6 rings (SSSR count). The Hall–Kier alpha value is -2.37. The molecule has 2 atom stereocenters. The highest BCUT2D eigenvalue weighted by Crippen LogP contribution is 2.60. The van der Waals surface area contributed by atoms with Gasteiger partial charge in [-0.3, -0.25) is 9.59 Å². The highest BCUT2D eigenvalue weighted by Gasteiger charge is 2.57. The fourth-order valence-electron chi connectivity index (χ4n) is 7.29. The molecule has 32 heavy (non-hydrogen) atoms. The van der Waals surface area contributed by atoms with Crippen molar-refractivity contribution in [3.63, 3.8) is 0 Å². The van der Waals surface area contributed by atoms with Gasteiger partial charge in [-0.05, 0) is 88.2 Å². The molecule has 1 heterocycles. The summed E-state index contributed by atoms with van der Waals surface area (Å²) in [6, 6.07) is 8.74. The summed E-state index contributed by atoms with van der Waals surface area (Å²) < 4.78 is 5.61. The Morgan fingerprint density at radius 1 is 1.03 bits per heavy atom. The third-order valence-corrected chi connectivity index (χ3v) is 8.39. The fraction of sp³-hybridized carbons (Fsp3) is 0.654. The molecule has 1 aliphatic heterocycles. The number of anilines is 1. The van der Waals surface area contributed by atoms with Crippen LogP contribution in [0.3, 0.4) is 0 Å². The molecule has 0 radical (unpaired) electrons. The van der Waals surface area contributed by atoms with E-state index in [1.165, 1.54) is 24.2 Å². The van der Waals surface area contributed by atoms with Crippen molar-refractivity contribution in [2.75, 3.05) is 18.5 Å². The number of hydrogen-bond acceptors (Lipinski definition) is 4. The Morgan fingerprint density at radius 2 is 1.62 bits per heavy atom. The van der Waals surface area contributed by atoms with Crippen molar-refractivity contribution in [2.24, 2.45) is 23.2 Å². The highest BCUT2D eigenvalue weighted by atomic mass is 16.5. The first-order valence-electron chi connectivity index (χ1n) is 12.2. The second-order valence-electron chi connectivity index (χ2n) is 10.7. The van der Waals surface area contributed by atoms with Crippen LogP contribution in [0, 0.1) is 23.2 Å². The molecule has 5 fully saturated rings. The lowest BCUT2D eigenvalue weighted by molar-refractivity contribution is -0.168. The molecule has 1 aromatic carbocycles. The minimum atomic E-state index is -0.898. The van der Waals surface area contributed by atoms with E-state index in [0.29, 0.717) is 30.7 Å². The lowest BCUT2D eigenvalue weighted by atomic mass is 9.49. The standard InChI is InChI=1S/C26H34N2O4/c1-17(23(29)27(2)21-7-4-3-5-8-21)32-24(30)22-9-6-10-28(22)25(31)26-14-18-11-19(15-26)13-20(12-18)16-26/h3-5,7-8,17-20,22H,6,9-16H2,1-2H3. The second-order valence-corrected chi connectivity index (χ2v) is 10.7. The summed E-state index contributed by atoms with van der Waals surface area (Å²) in [5, 5.41) is 0. The first-order valence-corrected chi connectivity index (χ1v) is 12.2. The van der Waals surface area contributed by atoms with Gasteiger partial charge < -0.3 is 14.5 Å². The normalized spacial score (nSPS) is 33.8. The number of carbonyl (C=O) groups is 3. The van der Waals surface area contributed by atoms with Crippen LogP contribution in [0.2, 0.25) is 0 Å². The largest absolute Gasteiger partial charge is 0.451 e. The van der Waals surface area contributed by atoms with Crippen LogP contribution < -0.4 is 4.90 Å². The SMILES string of the molecule is CC(OC(=O)C1CCCN1C(=O)C12CC3CC(CC(C3)C1)C2)C(=O)N(C)c1ccccc1. The molecule has 1 aromatic rings. The van der Waals surface area contributed by atoms with Crippen LogP contribution >= 0.6 is 0 Å². The van der Waals surface area contributed by atoms with Gasteiger partial charge in [0, 0.05) is 19.3 Å². The van der Waals surface area contributed by atoms with Crippen LogP contribution in [0.4, 0.5) is 5.69 Å². The summed E-state index contributed by atoms with van der Waals surface area (Å²) in [4.78, 5) is 43.0. The number of para-hydroxylation sites is 1. The summed E-state index contributed by atoms with van der Waals surface area (Å²) in [5.74, 6) is 1.51. The molecular weight excluding hydrogens is 404 g/mol. The number of benzene rings is 1. The van der Waals surface area contributed by atoms with Crippen molar-refractivity contribution in [1.29, 1.82) is 0 Å². The van der Waals surface area contributed by atoms with Gasteiger partial charge in [-0.2, -0.15) is 0 Å². The molecule has 1 saturated heterocycles. The topological polar surface area (TPSA) is 66.9 Å². The summed E-state index contributed by atoms with van der Waals surface area (Å²) in [7, 11) is 1.68. The molecule has 5 aliphatic rings. The number of likely N-dealkylation sites (N-methyl/N-ethyl adjacent to an activating group) is 1. The lowest BCUT2D eigenvalue weighted by Gasteiger charge is -2.56. The lowest BCUT2D eigenvalue weighted by Crippen LogP contribution is -2.56. The number of esters is 1. The molecule has 2 unspecified atom stereocenters. The maximum absolute atomic E-state index is 13.8. The quantitative estimate of drug-likeness (QED) is 0.656. The molecule has 6 heteroatoms. The molecular formula is C26H34N2O4. The van der Waals surface area contributed by atoms with Crippen LogP contribution in [0.15, 0.2) is 30.3 Å². The molecule has 2 amide bonds. The van der Waals surface area contributed by atoms with Crippen molar-refractivity contribution >= 4 is 23.5 Å². The van der Waals surface area contributed by atoms with Crippen molar-refractivity contribution in [3.05, 3.63) is 30.3 Å². The van der Waals surface area contributed by atoms with Gasteiger partial charge in [-0.15, -0.1) is 0 Å². The van der Waals surface area contributed by atoms with Gasteiger partial charge in [0.15, 0.2) is 6.10 Å². The van der Waals surface area contributed by atoms with Crippen LogP contribution in [-0.2, 0) is 19.1 Å². The maximum atomic E-state index is 13.8. The van der Waals surface area contributed by atoms with Gasteiger partial charge >= 0.3 is 5.97 Å². The first-order chi connectivity index (χ1) is 15.4. The fourth-order valence-corrected chi connectivity index (χ4v) is 7.29. The zero-order valence-corrected chi connectivity index (χ0v) is 19.2. The van der Waals surface area contributed by atoms with Crippen LogP contribution in [0.5, 0.6) is 0 Å². The monoisotopic (exact) mass is 438 g/mol. The van der Waals surface area contributed by atoms with E-state index in [2.05, 4.69) is 0 Å². The summed E-state index contributed by atoms with van der Waals surface area (Å²) in [6.07, 6.45) is 7.36. The molecule has 4 aliphatic carbocycles. The zero-order chi connectivity index (χ0) is 22.5. The van der Waals surface area contributed by atoms with Gasteiger partial charge in [0.1, 0.15) is 6.04 Å². The predicted molar refractivity (Wildman–Crippen MR) is 121 cm³/mol. The van der Waals surface area contributed by atoms with E-state index in [4.69, 9.17) is 4.74 Å². The maximum Gasteiger partial charge on any atom is 0.329 e. The Bertz CT molecular complexity index is 863. The zero-order valence-electron chi connectivity index (χ0n) is 19.2. The van der Waals surface area contributed by atoms with Crippen molar-refractivity contribution in [2.45, 2.75) is 70.4 Å². The van der Waals surface area contributed by atoms with E-state index in [1.807, 2.05) is 30.3 Å². The van der Waals surface area contributed by atoms with E-state index in [9.17, 15) is 14.4 Å². The Morgan fingerprint density at radius 3 is 2.22 bits per heavy atom. The van der Waals surface area contributed by atoms with E-state index in [1.54, 1.807) is 18.9 Å². The number of carbonyl (C=O) groups excluding carboxylic acids is 3. The van der Waals surface area contributed by atoms with E-state index in [0.717, 1.165) is 31.4 Å². The van der Waals surface area contributed by atoms with Gasteiger partial charge in [-0.1, -0.05) is 18.2 Å². The molecule has 172 valence electrons. The van der Waals surface area contributed by atoms with Gasteiger partial charge in [0.2, 0.25) is 5.91 Å². The number of nitrogens with zero attached hydrogens (tertiary/aromatic N) is 2. The predicted octanol–water partition coefficient (Wildman–Crippen LogP) is 3.79. The smallest absolute Gasteiger partial charge is 0.329 e. The minimum absolute atomic E-state index is 0.177. The summed E-state index contributed by atoms with van der Waals surface area (Å²) in [5.41, 5.74) is 0.493. The summed E-state index contributed by atoms with van der Waals surface area (Å²) in [6.45, 7) is 2.23. The highest BCUT2D eigenvalue weighted by molar-refractivity contribution is 5.97. The van der Waals surface area contributed by atoms with E-state index >= 15 is 0 Å². The number of amides is 2. The molecule has 0 N–H and O–H groups in total. The van der Waals surface area contributed by atoms with Crippen LogP contribution in [0.25, 0.3) is 0 Å². The third kappa shape index (κ3) is 3.71. The Labute approximate surface area is 190 Å². The molecule has 0 aromatic heterocycles. The Kier molecular flexibility index (Phi) is 5.50. The van der Waals surface area contributed by atoms with Crippen LogP contribution in [-0.4, -0.2) is 48.4 Å². The number of rotatable bonds is 5. The van der Waals surface area contributed by atoms with Gasteiger partial charge in [0.05, 0.1) is 5.41 Å². The van der Waals surface area contributed by atoms with E-state index in [-0.39, 0.29) is 17.2 Å². The first kappa shape index (κ1) is 21.5. The van der Waals surface area contributed by atoms with Gasteiger partial charge in [-0.25, -0.2) is 4.79 Å². The average molecular weight is 439 g/mol. The van der Waals surface area contributed by atoms with Crippen molar-refractivity contribution in [3.8, 4) is 0 Å². The minimum Gasteiger partial charge on any atom is -0.451 e. The van der Waals surface area contributed by atoms with Crippen molar-refractivity contribution in [1.82, 2.24) is 4.90 Å². The molecule has 0 spiro atoms. The third-order valence-electron chi connectivity index (χ3n) is 8.39.